The van der Waals surface area contributed by atoms with Crippen LogP contribution in [0.3, 0.4) is 0 Å². The summed E-state index contributed by atoms with van der Waals surface area (Å²) in [6.07, 6.45) is -0.754. The molecular formula is C14H11Br2ClO2. The van der Waals surface area contributed by atoms with Gasteiger partial charge in [0.05, 0.1) is 7.11 Å². The number of benzene rings is 2. The Balaban J connectivity index is 2.40. The van der Waals surface area contributed by atoms with Crippen molar-refractivity contribution in [1.29, 1.82) is 0 Å². The minimum atomic E-state index is -0.754. The largest absolute Gasteiger partial charge is 0.497 e. The molecular weight excluding hydrogens is 395 g/mol. The summed E-state index contributed by atoms with van der Waals surface area (Å²) in [6.45, 7) is 0. The fourth-order valence-electron chi connectivity index (χ4n) is 1.77. The zero-order valence-corrected chi connectivity index (χ0v) is 14.0. The van der Waals surface area contributed by atoms with E-state index in [9.17, 15) is 5.11 Å². The highest BCUT2D eigenvalue weighted by Crippen LogP contribution is 2.33. The molecule has 5 heteroatoms. The van der Waals surface area contributed by atoms with E-state index in [1.807, 2.05) is 24.3 Å². The topological polar surface area (TPSA) is 29.5 Å². The van der Waals surface area contributed by atoms with E-state index in [1.165, 1.54) is 0 Å². The third kappa shape index (κ3) is 3.51. The molecule has 1 unspecified atom stereocenters. The van der Waals surface area contributed by atoms with Crippen LogP contribution in [0.25, 0.3) is 0 Å². The van der Waals surface area contributed by atoms with Gasteiger partial charge in [-0.2, -0.15) is 0 Å². The van der Waals surface area contributed by atoms with Gasteiger partial charge >= 0.3 is 0 Å². The molecule has 2 nitrogen and oxygen atoms in total. The fraction of sp³-hybridized carbons (Fsp3) is 0.143. The molecule has 100 valence electrons. The van der Waals surface area contributed by atoms with Crippen LogP contribution >= 0.6 is 43.5 Å². The first-order chi connectivity index (χ1) is 9.01. The van der Waals surface area contributed by atoms with E-state index in [-0.39, 0.29) is 0 Å². The average Bonchev–Trinajstić information content (AvgIpc) is 2.36. The van der Waals surface area contributed by atoms with Crippen LogP contribution in [0.1, 0.15) is 17.2 Å². The van der Waals surface area contributed by atoms with E-state index >= 15 is 0 Å². The van der Waals surface area contributed by atoms with Gasteiger partial charge in [-0.25, -0.2) is 0 Å². The van der Waals surface area contributed by atoms with Crippen molar-refractivity contribution in [2.75, 3.05) is 7.11 Å². The first kappa shape index (κ1) is 14.9. The molecule has 0 aliphatic rings. The van der Waals surface area contributed by atoms with Crippen molar-refractivity contribution >= 4 is 43.5 Å². The number of hydrogen-bond acceptors (Lipinski definition) is 2. The van der Waals surface area contributed by atoms with Gasteiger partial charge in [0.2, 0.25) is 0 Å². The maximum atomic E-state index is 10.4. The van der Waals surface area contributed by atoms with E-state index in [4.69, 9.17) is 16.3 Å². The summed E-state index contributed by atoms with van der Waals surface area (Å²) in [5.41, 5.74) is 1.49. The summed E-state index contributed by atoms with van der Waals surface area (Å²) in [7, 11) is 1.60. The third-order valence-corrected chi connectivity index (χ3v) is 4.07. The second kappa shape index (κ2) is 6.27. The molecule has 0 aliphatic carbocycles. The predicted molar refractivity (Wildman–Crippen MR) is 83.9 cm³/mol. The number of halogens is 3. The van der Waals surface area contributed by atoms with Gasteiger partial charge in [-0.05, 0) is 41.5 Å². The average molecular weight is 407 g/mol. The van der Waals surface area contributed by atoms with Gasteiger partial charge in [0.25, 0.3) is 0 Å². The number of methoxy groups -OCH3 is 1. The summed E-state index contributed by atoms with van der Waals surface area (Å²) >= 11 is 12.8. The maximum absolute atomic E-state index is 10.4. The Bertz CT molecular complexity index is 582. The minimum absolute atomic E-state index is 0.577. The van der Waals surface area contributed by atoms with Gasteiger partial charge in [0.1, 0.15) is 11.9 Å². The molecule has 1 atom stereocenters. The van der Waals surface area contributed by atoms with Crippen molar-refractivity contribution in [3.8, 4) is 5.75 Å². The second-order valence-corrected chi connectivity index (χ2v) is 6.20. The predicted octanol–water partition coefficient (Wildman–Crippen LogP) is 4.96. The number of ether oxygens (including phenoxy) is 1. The summed E-state index contributed by atoms with van der Waals surface area (Å²) in [6, 6.07) is 10.8. The molecule has 2 rings (SSSR count). The summed E-state index contributed by atoms with van der Waals surface area (Å²) in [4.78, 5) is 0. The molecule has 0 saturated carbocycles. The molecule has 0 fully saturated rings. The van der Waals surface area contributed by atoms with E-state index in [0.717, 1.165) is 25.8 Å². The molecule has 0 heterocycles. The van der Waals surface area contributed by atoms with Crippen LogP contribution in [0.5, 0.6) is 5.75 Å². The highest BCUT2D eigenvalue weighted by atomic mass is 79.9. The summed E-state index contributed by atoms with van der Waals surface area (Å²) in [5, 5.41) is 11.0. The van der Waals surface area contributed by atoms with Gasteiger partial charge in [-0.15, -0.1) is 0 Å². The van der Waals surface area contributed by atoms with Gasteiger partial charge in [-0.1, -0.05) is 49.5 Å². The quantitative estimate of drug-likeness (QED) is 0.781. The van der Waals surface area contributed by atoms with Gasteiger partial charge in [0.15, 0.2) is 0 Å². The third-order valence-electron chi connectivity index (χ3n) is 2.70. The highest BCUT2D eigenvalue weighted by molar-refractivity contribution is 9.10. The Morgan fingerprint density at radius 3 is 2.47 bits per heavy atom. The Labute approximate surface area is 133 Å². The van der Waals surface area contributed by atoms with Crippen LogP contribution < -0.4 is 4.74 Å². The van der Waals surface area contributed by atoms with Crippen molar-refractivity contribution in [3.05, 3.63) is 61.5 Å². The molecule has 0 radical (unpaired) electrons. The van der Waals surface area contributed by atoms with Crippen molar-refractivity contribution in [1.82, 2.24) is 0 Å². The van der Waals surface area contributed by atoms with Gasteiger partial charge in [-0.3, -0.25) is 0 Å². The molecule has 0 saturated heterocycles. The number of aliphatic hydroxyl groups excluding tert-OH is 1. The molecule has 1 N–H and O–H groups in total. The number of rotatable bonds is 3. The zero-order chi connectivity index (χ0) is 14.0. The van der Waals surface area contributed by atoms with Crippen molar-refractivity contribution in [2.24, 2.45) is 0 Å². The maximum Gasteiger partial charge on any atom is 0.120 e. The monoisotopic (exact) mass is 404 g/mol. The van der Waals surface area contributed by atoms with E-state index in [0.29, 0.717) is 5.02 Å². The molecule has 2 aromatic rings. The first-order valence-electron chi connectivity index (χ1n) is 5.48. The van der Waals surface area contributed by atoms with Crippen LogP contribution in [0.15, 0.2) is 45.3 Å². The summed E-state index contributed by atoms with van der Waals surface area (Å²) < 4.78 is 6.75. The molecule has 0 aliphatic heterocycles. The van der Waals surface area contributed by atoms with Crippen LogP contribution in [-0.4, -0.2) is 12.2 Å². The summed E-state index contributed by atoms with van der Waals surface area (Å²) in [5.74, 6) is 0.732. The molecule has 19 heavy (non-hydrogen) atoms. The lowest BCUT2D eigenvalue weighted by Gasteiger charge is -2.15. The smallest absolute Gasteiger partial charge is 0.120 e. The van der Waals surface area contributed by atoms with Crippen molar-refractivity contribution < 1.29 is 9.84 Å². The van der Waals surface area contributed by atoms with Crippen molar-refractivity contribution in [3.63, 3.8) is 0 Å². The Morgan fingerprint density at radius 1 is 1.16 bits per heavy atom. The molecule has 0 amide bonds. The second-order valence-electron chi connectivity index (χ2n) is 3.99. The number of aliphatic hydroxyl groups is 1. The lowest BCUT2D eigenvalue weighted by Crippen LogP contribution is -2.01. The number of hydrogen-bond donors (Lipinski definition) is 1. The molecule has 0 bridgehead atoms. The molecule has 2 aromatic carbocycles. The van der Waals surface area contributed by atoms with Crippen LogP contribution in [-0.2, 0) is 0 Å². The standard InChI is InChI=1S/C14H11Br2ClO2/c1-19-11-2-3-12(13(16)7-11)14(18)8-4-9(15)6-10(17)5-8/h2-7,14,18H,1H3. The SMILES string of the molecule is COc1ccc(C(O)c2cc(Cl)cc(Br)c2)c(Br)c1. The van der Waals surface area contributed by atoms with Gasteiger partial charge < -0.3 is 9.84 Å². The molecule has 0 spiro atoms. The highest BCUT2D eigenvalue weighted by Gasteiger charge is 2.15. The minimum Gasteiger partial charge on any atom is -0.497 e. The van der Waals surface area contributed by atoms with E-state index in [1.54, 1.807) is 19.2 Å². The Morgan fingerprint density at radius 2 is 1.89 bits per heavy atom. The van der Waals surface area contributed by atoms with Crippen LogP contribution in [0.4, 0.5) is 0 Å². The van der Waals surface area contributed by atoms with Crippen LogP contribution in [0.2, 0.25) is 5.02 Å². The fourth-order valence-corrected chi connectivity index (χ4v) is 3.23. The van der Waals surface area contributed by atoms with E-state index < -0.39 is 6.10 Å². The normalized spacial score (nSPS) is 12.3. The zero-order valence-electron chi connectivity index (χ0n) is 10.0. The lowest BCUT2D eigenvalue weighted by atomic mass is 10.0. The lowest BCUT2D eigenvalue weighted by molar-refractivity contribution is 0.219. The van der Waals surface area contributed by atoms with Crippen LogP contribution in [0, 0.1) is 0 Å². The Hall–Kier alpha value is -0.550. The molecule has 0 aromatic heterocycles. The van der Waals surface area contributed by atoms with Crippen molar-refractivity contribution in [2.45, 2.75) is 6.10 Å². The van der Waals surface area contributed by atoms with E-state index in [2.05, 4.69) is 31.9 Å². The first-order valence-corrected chi connectivity index (χ1v) is 7.45. The van der Waals surface area contributed by atoms with Gasteiger partial charge in [0, 0.05) is 14.0 Å². The Kier molecular flexibility index (Phi) is 4.90.